The van der Waals surface area contributed by atoms with Crippen molar-refractivity contribution in [1.29, 1.82) is 0 Å². The lowest BCUT2D eigenvalue weighted by molar-refractivity contribution is -0.383. The molecule has 0 bridgehead atoms. The summed E-state index contributed by atoms with van der Waals surface area (Å²) in [4.78, 5) is 30.0. The van der Waals surface area contributed by atoms with Gasteiger partial charge in [0.05, 0.1) is 19.2 Å². The van der Waals surface area contributed by atoms with Gasteiger partial charge in [0, 0.05) is 0 Å². The van der Waals surface area contributed by atoms with Crippen LogP contribution < -0.4 is 0 Å². The van der Waals surface area contributed by atoms with Gasteiger partial charge in [0.1, 0.15) is 10.0 Å². The molecule has 4 rings (SSSR count). The number of nitro benzene ring substituents is 2. The van der Waals surface area contributed by atoms with Gasteiger partial charge in [-0.2, -0.15) is 0 Å². The van der Waals surface area contributed by atoms with E-state index in [9.17, 15) is 20.2 Å². The molecule has 142 valence electrons. The molecule has 2 aromatic heterocycles. The van der Waals surface area contributed by atoms with E-state index in [2.05, 4.69) is 9.97 Å². The molecule has 0 spiro atoms. The molecule has 0 saturated heterocycles. The third-order valence-corrected chi connectivity index (χ3v) is 9.10. The van der Waals surface area contributed by atoms with Gasteiger partial charge in [-0.15, -0.1) is 22.7 Å². The van der Waals surface area contributed by atoms with Crippen LogP contribution in [0, 0.1) is 20.2 Å². The third-order valence-electron chi connectivity index (χ3n) is 3.48. The fraction of sp³-hybridized carbons (Fsp3) is 0. The third kappa shape index (κ3) is 3.51. The molecule has 14 heteroatoms. The molecule has 2 heterocycles. The number of nitro groups is 2. The van der Waals surface area contributed by atoms with Gasteiger partial charge in [0.25, 0.3) is 0 Å². The maximum atomic E-state index is 11.2. The lowest BCUT2D eigenvalue weighted by atomic mass is 10.3. The number of fused-ring (bicyclic) bond motifs is 2. The molecular formula is C14H4Cl2N4O4S4. The molecule has 0 amide bonds. The summed E-state index contributed by atoms with van der Waals surface area (Å²) in [6.45, 7) is 0. The van der Waals surface area contributed by atoms with Gasteiger partial charge in [-0.1, -0.05) is 23.2 Å². The zero-order chi connectivity index (χ0) is 20.0. The molecule has 8 nitrogen and oxygen atoms in total. The molecule has 28 heavy (non-hydrogen) atoms. The molecule has 0 fully saturated rings. The molecule has 4 aromatic rings. The monoisotopic (exact) mass is 490 g/mol. The summed E-state index contributed by atoms with van der Waals surface area (Å²) in [5.41, 5.74) is 0.0182. The zero-order valence-electron chi connectivity index (χ0n) is 13.1. The van der Waals surface area contributed by atoms with E-state index < -0.39 is 9.85 Å². The van der Waals surface area contributed by atoms with Crippen LogP contribution in [0.3, 0.4) is 0 Å². The molecule has 0 N–H and O–H groups in total. The number of thiazole rings is 2. The summed E-state index contributed by atoms with van der Waals surface area (Å²) in [6.07, 6.45) is 0. The average molecular weight is 491 g/mol. The molecule has 0 aliphatic rings. The number of hydrogen-bond donors (Lipinski definition) is 0. The van der Waals surface area contributed by atoms with Crippen LogP contribution in [0.5, 0.6) is 0 Å². The van der Waals surface area contributed by atoms with E-state index in [0.29, 0.717) is 18.1 Å². The van der Waals surface area contributed by atoms with E-state index in [1.807, 2.05) is 0 Å². The van der Waals surface area contributed by atoms with E-state index in [0.717, 1.165) is 0 Å². The molecule has 0 aliphatic carbocycles. The van der Waals surface area contributed by atoms with E-state index in [4.69, 9.17) is 23.2 Å². The second-order valence-corrected chi connectivity index (χ2v) is 10.6. The Hall–Kier alpha value is -1.70. The standard InChI is InChI=1S/C14H4Cl2N4O4S4/c15-5-1-3-7-9(11(5)19(21)22)17-13(25-7)27-28-14-18-10-8(26-14)4-2-6(16)12(10)20(23)24/h1-4H. The molecule has 0 unspecified atom stereocenters. The lowest BCUT2D eigenvalue weighted by Gasteiger charge is -1.94. The first-order valence-electron chi connectivity index (χ1n) is 7.16. The number of rotatable bonds is 5. The molecule has 0 atom stereocenters. The van der Waals surface area contributed by atoms with Crippen molar-refractivity contribution < 1.29 is 9.85 Å². The second kappa shape index (κ2) is 7.61. The summed E-state index contributed by atoms with van der Waals surface area (Å²) in [7, 11) is 2.53. The molecular weight excluding hydrogens is 487 g/mol. The van der Waals surface area contributed by atoms with Crippen LogP contribution >= 0.6 is 67.5 Å². The summed E-state index contributed by atoms with van der Waals surface area (Å²) < 4.78 is 2.45. The molecule has 0 aliphatic heterocycles. The number of nitrogens with zero attached hydrogens (tertiary/aromatic N) is 4. The van der Waals surface area contributed by atoms with Crippen molar-refractivity contribution in [1.82, 2.24) is 9.97 Å². The summed E-state index contributed by atoms with van der Waals surface area (Å²) in [5, 5.41) is 22.5. The Kier molecular flexibility index (Phi) is 5.33. The van der Waals surface area contributed by atoms with Gasteiger partial charge < -0.3 is 0 Å². The van der Waals surface area contributed by atoms with Gasteiger partial charge in [-0.3, -0.25) is 20.2 Å². The van der Waals surface area contributed by atoms with Crippen LogP contribution in [0.25, 0.3) is 20.4 Å². The largest absolute Gasteiger partial charge is 0.314 e. The maximum Gasteiger partial charge on any atom is 0.314 e. The summed E-state index contributed by atoms with van der Waals surface area (Å²) in [5.74, 6) is 0. The Morgan fingerprint density at radius 3 is 1.54 bits per heavy atom. The van der Waals surface area contributed by atoms with Crippen molar-refractivity contribution in [2.45, 2.75) is 8.68 Å². The fourth-order valence-electron chi connectivity index (χ4n) is 2.36. The molecule has 0 radical (unpaired) electrons. The molecule has 0 saturated carbocycles. The quantitative estimate of drug-likeness (QED) is 0.170. The van der Waals surface area contributed by atoms with Crippen molar-refractivity contribution in [3.63, 3.8) is 0 Å². The Morgan fingerprint density at radius 1 is 0.786 bits per heavy atom. The maximum absolute atomic E-state index is 11.2. The topological polar surface area (TPSA) is 112 Å². The van der Waals surface area contributed by atoms with Crippen molar-refractivity contribution >= 4 is 99.3 Å². The Balaban J connectivity index is 1.65. The minimum atomic E-state index is -0.553. The number of hydrogen-bond acceptors (Lipinski definition) is 10. The van der Waals surface area contributed by atoms with Crippen LogP contribution in [-0.4, -0.2) is 19.8 Å². The first-order chi connectivity index (χ1) is 13.3. The van der Waals surface area contributed by atoms with Crippen LogP contribution in [0.1, 0.15) is 0 Å². The van der Waals surface area contributed by atoms with Gasteiger partial charge >= 0.3 is 11.4 Å². The summed E-state index contributed by atoms with van der Waals surface area (Å²) >= 11 is 14.4. The Bertz CT molecular complexity index is 1180. The predicted octanol–water partition coefficient (Wildman–Crippen LogP) is 6.83. The van der Waals surface area contributed by atoms with Crippen LogP contribution in [0.2, 0.25) is 10.0 Å². The van der Waals surface area contributed by atoms with E-state index in [-0.39, 0.29) is 32.5 Å². The second-order valence-electron chi connectivity index (χ2n) is 5.13. The lowest BCUT2D eigenvalue weighted by Crippen LogP contribution is -1.90. The number of halogens is 2. The van der Waals surface area contributed by atoms with E-state index in [1.54, 1.807) is 12.1 Å². The highest BCUT2D eigenvalue weighted by molar-refractivity contribution is 8.77. The van der Waals surface area contributed by atoms with E-state index >= 15 is 0 Å². The zero-order valence-corrected chi connectivity index (χ0v) is 17.9. The van der Waals surface area contributed by atoms with Crippen LogP contribution in [0.15, 0.2) is 32.9 Å². The Labute approximate surface area is 181 Å². The van der Waals surface area contributed by atoms with Gasteiger partial charge in [0.15, 0.2) is 19.7 Å². The number of aromatic nitrogens is 2. The van der Waals surface area contributed by atoms with Crippen LogP contribution in [0.4, 0.5) is 11.4 Å². The Morgan fingerprint density at radius 2 is 1.18 bits per heavy atom. The number of benzene rings is 2. The minimum Gasteiger partial charge on any atom is -0.258 e. The summed E-state index contributed by atoms with van der Waals surface area (Å²) in [6, 6.07) is 6.30. The van der Waals surface area contributed by atoms with Crippen LogP contribution in [-0.2, 0) is 0 Å². The molecule has 2 aromatic carbocycles. The van der Waals surface area contributed by atoms with Gasteiger partial charge in [-0.25, -0.2) is 9.97 Å². The van der Waals surface area contributed by atoms with Gasteiger partial charge in [0.2, 0.25) is 0 Å². The smallest absolute Gasteiger partial charge is 0.258 e. The van der Waals surface area contributed by atoms with Crippen molar-refractivity contribution in [3.8, 4) is 0 Å². The minimum absolute atomic E-state index is 0.0300. The van der Waals surface area contributed by atoms with Crippen molar-refractivity contribution in [3.05, 3.63) is 54.5 Å². The first-order valence-corrected chi connectivity index (χ1v) is 11.7. The predicted molar refractivity (Wildman–Crippen MR) is 114 cm³/mol. The SMILES string of the molecule is O=[N+]([O-])c1c(Cl)ccc2sc(SSc3nc4c([N+](=O)[O-])c(Cl)ccc4s3)nc12. The first kappa shape index (κ1) is 19.6. The normalized spacial score (nSPS) is 11.4. The highest BCUT2D eigenvalue weighted by Crippen LogP contribution is 2.46. The average Bonchev–Trinajstić information content (AvgIpc) is 3.22. The van der Waals surface area contributed by atoms with E-state index in [1.165, 1.54) is 56.4 Å². The fourth-order valence-corrected chi connectivity index (χ4v) is 7.29. The highest BCUT2D eigenvalue weighted by atomic mass is 35.5. The highest BCUT2D eigenvalue weighted by Gasteiger charge is 2.23. The van der Waals surface area contributed by atoms with Crippen molar-refractivity contribution in [2.75, 3.05) is 0 Å². The van der Waals surface area contributed by atoms with Gasteiger partial charge in [-0.05, 0) is 45.9 Å². The van der Waals surface area contributed by atoms with Crippen molar-refractivity contribution in [2.24, 2.45) is 0 Å².